The Kier molecular flexibility index (Phi) is 7.44. The third-order valence-electron chi connectivity index (χ3n) is 11.8. The van der Waals surface area contributed by atoms with E-state index in [0.29, 0.717) is 22.3 Å². The highest BCUT2D eigenvalue weighted by molar-refractivity contribution is 6.24. The van der Waals surface area contributed by atoms with Gasteiger partial charge in [0.05, 0.1) is 0 Å². The fraction of sp³-hybridized carbons (Fsp3) is 0. The van der Waals surface area contributed by atoms with Gasteiger partial charge in [-0.2, -0.15) is 0 Å². The lowest BCUT2D eigenvalue weighted by Crippen LogP contribution is -1.94. The van der Waals surface area contributed by atoms with Crippen molar-refractivity contribution >= 4 is 64.6 Å². The van der Waals surface area contributed by atoms with Crippen LogP contribution in [0.2, 0.25) is 0 Å². The summed E-state index contributed by atoms with van der Waals surface area (Å²) >= 11 is 0. The molecule has 0 aliphatic heterocycles. The third kappa shape index (κ3) is 5.02. The van der Waals surface area contributed by atoms with Crippen molar-refractivity contribution in [1.29, 1.82) is 0 Å². The maximum Gasteiger partial charge on any atom is 0.127 e. The van der Waals surface area contributed by atoms with Gasteiger partial charge in [0.15, 0.2) is 0 Å². The van der Waals surface area contributed by atoms with Crippen LogP contribution < -0.4 is 0 Å². The van der Waals surface area contributed by atoms with Crippen molar-refractivity contribution in [3.8, 4) is 67.5 Å². The Hall–Kier alpha value is -7.82. The normalized spacial score (nSPS) is 11.7. The summed E-state index contributed by atoms with van der Waals surface area (Å²) in [7, 11) is 0. The molecular weight excluding hydrogens is 713 g/mol. The van der Waals surface area contributed by atoms with Crippen LogP contribution in [-0.4, -0.2) is 20.4 Å². The van der Waals surface area contributed by atoms with E-state index < -0.39 is 0 Å². The van der Waals surface area contributed by atoms with Gasteiger partial charge >= 0.3 is 0 Å². The van der Waals surface area contributed by atoms with E-state index in [1.165, 1.54) is 12.1 Å². The van der Waals surface area contributed by atoms with Crippen molar-refractivity contribution in [2.75, 3.05) is 0 Å². The van der Waals surface area contributed by atoms with Crippen LogP contribution in [0.5, 0.6) is 23.0 Å². The predicted molar refractivity (Wildman–Crippen MR) is 240 cm³/mol. The standard InChI is InChI=1S/C54H34O4/c55-47-29-49(57)45(27-43(47)51-35-17-5-1-13-31(35)25-32-14-2-6-18-36(32)51)53-39-21-9-11-23-41(39)54(42-24-12-10-22-40(42)53)46-28-44(48(56)30-50(46)58)52-37-19-7-3-15-33(37)26-34-16-4-8-20-38(34)52/h1-30,55-58H. The maximum atomic E-state index is 11.8. The van der Waals surface area contributed by atoms with E-state index in [9.17, 15) is 20.4 Å². The average Bonchev–Trinajstić information content (AvgIpc) is 3.25. The summed E-state index contributed by atoms with van der Waals surface area (Å²) in [4.78, 5) is 0. The molecule has 0 heterocycles. The molecule has 0 fully saturated rings. The molecule has 0 atom stereocenters. The summed E-state index contributed by atoms with van der Waals surface area (Å²) in [6.45, 7) is 0. The molecule has 4 N–H and O–H groups in total. The molecule has 0 spiro atoms. The molecular formula is C54H34O4. The van der Waals surface area contributed by atoms with Crippen LogP contribution in [0.4, 0.5) is 0 Å². The van der Waals surface area contributed by atoms with E-state index in [1.807, 2.05) is 109 Å². The largest absolute Gasteiger partial charge is 0.507 e. The summed E-state index contributed by atoms with van der Waals surface area (Å²) < 4.78 is 0. The Bertz CT molecular complexity index is 3110. The van der Waals surface area contributed by atoms with E-state index >= 15 is 0 Å². The Morgan fingerprint density at radius 3 is 0.672 bits per heavy atom. The van der Waals surface area contributed by atoms with Gasteiger partial charge in [-0.1, -0.05) is 146 Å². The summed E-state index contributed by atoms with van der Waals surface area (Å²) in [5, 5.41) is 58.6. The van der Waals surface area contributed by atoms with Gasteiger partial charge in [-0.05, 0) is 88.9 Å². The zero-order valence-electron chi connectivity index (χ0n) is 31.1. The Labute approximate surface area is 333 Å². The van der Waals surface area contributed by atoms with Gasteiger partial charge in [-0.25, -0.2) is 0 Å². The minimum Gasteiger partial charge on any atom is -0.507 e. The second-order valence-electron chi connectivity index (χ2n) is 15.0. The first kappa shape index (κ1) is 33.5. The molecule has 274 valence electrons. The molecule has 4 heteroatoms. The molecule has 0 saturated heterocycles. The number of phenols is 4. The SMILES string of the molecule is Oc1cc(O)c(-c2c3ccccc3c(-c3cc(-c4c5ccccc5cc5ccccc45)c(O)cc3O)c3ccccc23)cc1-c1c2ccccc2cc2ccccc12. The summed E-state index contributed by atoms with van der Waals surface area (Å²) in [5.41, 5.74) is 5.75. The quantitative estimate of drug-likeness (QED) is 0.135. The fourth-order valence-corrected chi connectivity index (χ4v) is 9.27. The Morgan fingerprint density at radius 2 is 0.414 bits per heavy atom. The number of aromatic hydroxyl groups is 4. The highest BCUT2D eigenvalue weighted by Gasteiger charge is 2.24. The molecule has 0 saturated carbocycles. The van der Waals surface area contributed by atoms with Gasteiger partial charge in [-0.15, -0.1) is 0 Å². The molecule has 58 heavy (non-hydrogen) atoms. The zero-order chi connectivity index (χ0) is 39.1. The number of benzene rings is 11. The fourth-order valence-electron chi connectivity index (χ4n) is 9.27. The molecule has 0 aromatic heterocycles. The van der Waals surface area contributed by atoms with Crippen molar-refractivity contribution in [2.24, 2.45) is 0 Å². The molecule has 11 aromatic carbocycles. The van der Waals surface area contributed by atoms with E-state index in [1.54, 1.807) is 0 Å². The first-order valence-electron chi connectivity index (χ1n) is 19.3. The highest BCUT2D eigenvalue weighted by Crippen LogP contribution is 2.52. The molecule has 0 amide bonds. The minimum absolute atomic E-state index is 0.0181. The molecule has 0 aliphatic carbocycles. The summed E-state index contributed by atoms with van der Waals surface area (Å²) in [6, 6.07) is 59.8. The van der Waals surface area contributed by atoms with Crippen molar-refractivity contribution in [3.05, 3.63) is 182 Å². The molecule has 11 rings (SSSR count). The lowest BCUT2D eigenvalue weighted by Gasteiger charge is -2.21. The van der Waals surface area contributed by atoms with E-state index in [4.69, 9.17) is 0 Å². The van der Waals surface area contributed by atoms with E-state index in [0.717, 1.165) is 86.9 Å². The topological polar surface area (TPSA) is 80.9 Å². The molecule has 0 aliphatic rings. The van der Waals surface area contributed by atoms with Crippen molar-refractivity contribution in [2.45, 2.75) is 0 Å². The van der Waals surface area contributed by atoms with E-state index in [2.05, 4.69) is 60.7 Å². The van der Waals surface area contributed by atoms with Gasteiger partial charge < -0.3 is 20.4 Å². The first-order chi connectivity index (χ1) is 28.4. The minimum atomic E-state index is -0.0496. The molecule has 0 bridgehead atoms. The number of fused-ring (bicyclic) bond motifs is 6. The number of rotatable bonds is 4. The van der Waals surface area contributed by atoms with Crippen LogP contribution in [0.1, 0.15) is 0 Å². The van der Waals surface area contributed by atoms with Gasteiger partial charge in [0, 0.05) is 56.6 Å². The smallest absolute Gasteiger partial charge is 0.127 e. The highest BCUT2D eigenvalue weighted by atomic mass is 16.3. The van der Waals surface area contributed by atoms with Crippen molar-refractivity contribution in [1.82, 2.24) is 0 Å². The van der Waals surface area contributed by atoms with Crippen LogP contribution in [0.3, 0.4) is 0 Å². The van der Waals surface area contributed by atoms with Crippen molar-refractivity contribution < 1.29 is 20.4 Å². The number of phenolic OH excluding ortho intramolecular Hbond substituents is 4. The van der Waals surface area contributed by atoms with Crippen LogP contribution >= 0.6 is 0 Å². The van der Waals surface area contributed by atoms with Gasteiger partial charge in [0.1, 0.15) is 23.0 Å². The first-order valence-corrected chi connectivity index (χ1v) is 19.3. The van der Waals surface area contributed by atoms with Crippen LogP contribution in [0.25, 0.3) is 109 Å². The Balaban J connectivity index is 1.21. The van der Waals surface area contributed by atoms with E-state index in [-0.39, 0.29) is 23.0 Å². The lowest BCUT2D eigenvalue weighted by molar-refractivity contribution is 0.452. The number of hydrogen-bond donors (Lipinski definition) is 4. The molecule has 11 aromatic rings. The van der Waals surface area contributed by atoms with Crippen LogP contribution in [0.15, 0.2) is 182 Å². The average molecular weight is 747 g/mol. The summed E-state index contributed by atoms with van der Waals surface area (Å²) in [6.07, 6.45) is 0. The third-order valence-corrected chi connectivity index (χ3v) is 11.8. The van der Waals surface area contributed by atoms with Gasteiger partial charge in [0.2, 0.25) is 0 Å². The van der Waals surface area contributed by atoms with Gasteiger partial charge in [0.25, 0.3) is 0 Å². The molecule has 0 radical (unpaired) electrons. The molecule has 4 nitrogen and oxygen atoms in total. The second kappa shape index (κ2) is 12.9. The lowest BCUT2D eigenvalue weighted by atomic mass is 9.83. The van der Waals surface area contributed by atoms with Crippen molar-refractivity contribution in [3.63, 3.8) is 0 Å². The van der Waals surface area contributed by atoms with Crippen LogP contribution in [0, 0.1) is 0 Å². The zero-order valence-corrected chi connectivity index (χ0v) is 31.1. The Morgan fingerprint density at radius 1 is 0.207 bits per heavy atom. The summed E-state index contributed by atoms with van der Waals surface area (Å²) in [5.74, 6) is -0.135. The van der Waals surface area contributed by atoms with Crippen LogP contribution in [-0.2, 0) is 0 Å². The predicted octanol–water partition coefficient (Wildman–Crippen LogP) is 14.1. The molecule has 0 unspecified atom stereocenters. The maximum absolute atomic E-state index is 11.8. The number of hydrogen-bond acceptors (Lipinski definition) is 4. The van der Waals surface area contributed by atoms with Gasteiger partial charge in [-0.3, -0.25) is 0 Å². The monoisotopic (exact) mass is 746 g/mol. The second-order valence-corrected chi connectivity index (χ2v) is 15.0.